The van der Waals surface area contributed by atoms with E-state index in [4.69, 9.17) is 23.2 Å². The Hall–Kier alpha value is -2.11. The first kappa shape index (κ1) is 15.8. The number of benzene rings is 1. The Morgan fingerprint density at radius 3 is 2.83 bits per heavy atom. The molecule has 0 fully saturated rings. The summed E-state index contributed by atoms with van der Waals surface area (Å²) in [5, 5.41) is 1.40. The fraction of sp³-hybridized carbons (Fsp3) is 0.125. The molecule has 0 atom stereocenters. The third-order valence-corrected chi connectivity index (χ3v) is 4.09. The molecule has 2 heterocycles. The van der Waals surface area contributed by atoms with E-state index in [1.54, 1.807) is 25.4 Å². The lowest BCUT2D eigenvalue weighted by atomic mass is 10.1. The number of halogens is 3. The first-order valence-corrected chi connectivity index (χ1v) is 7.55. The Balaban J connectivity index is 1.85. The quantitative estimate of drug-likeness (QED) is 0.718. The smallest absolute Gasteiger partial charge is 0.233 e. The van der Waals surface area contributed by atoms with E-state index in [0.29, 0.717) is 5.02 Å². The molecule has 118 valence electrons. The van der Waals surface area contributed by atoms with Crippen LogP contribution in [-0.4, -0.2) is 22.9 Å². The monoisotopic (exact) mass is 351 g/mol. The summed E-state index contributed by atoms with van der Waals surface area (Å²) in [5.41, 5.74) is 1.71. The van der Waals surface area contributed by atoms with Crippen LogP contribution in [0.3, 0.4) is 0 Å². The Morgan fingerprint density at radius 1 is 1.30 bits per heavy atom. The molecule has 2 aromatic heterocycles. The summed E-state index contributed by atoms with van der Waals surface area (Å²) >= 11 is 11.6. The number of fused-ring (bicyclic) bond motifs is 1. The maximum Gasteiger partial charge on any atom is 0.233 e. The van der Waals surface area contributed by atoms with Crippen molar-refractivity contribution in [3.63, 3.8) is 0 Å². The topological polar surface area (TPSA) is 49.0 Å². The number of nitrogens with zero attached hydrogens (tertiary/aromatic N) is 2. The summed E-state index contributed by atoms with van der Waals surface area (Å²) in [6, 6.07) is 8.30. The van der Waals surface area contributed by atoms with Crippen molar-refractivity contribution in [2.24, 2.45) is 0 Å². The molecule has 4 nitrogen and oxygen atoms in total. The van der Waals surface area contributed by atoms with Crippen LogP contribution in [0.2, 0.25) is 10.0 Å². The van der Waals surface area contributed by atoms with Crippen LogP contribution >= 0.6 is 23.2 Å². The lowest BCUT2D eigenvalue weighted by Gasteiger charge is -2.16. The number of hydrogen-bond acceptors (Lipinski definition) is 2. The van der Waals surface area contributed by atoms with Crippen LogP contribution in [0, 0.1) is 5.95 Å². The van der Waals surface area contributed by atoms with Crippen molar-refractivity contribution in [1.29, 1.82) is 0 Å². The maximum absolute atomic E-state index is 13.4. The molecule has 1 amide bonds. The number of nitrogens with one attached hydrogen (secondary N) is 1. The molecule has 0 saturated carbocycles. The summed E-state index contributed by atoms with van der Waals surface area (Å²) in [6.45, 7) is 0. The average molecular weight is 352 g/mol. The Labute approximate surface area is 141 Å². The lowest BCUT2D eigenvalue weighted by molar-refractivity contribution is -0.117. The van der Waals surface area contributed by atoms with Gasteiger partial charge in [0.05, 0.1) is 11.4 Å². The predicted molar refractivity (Wildman–Crippen MR) is 89.6 cm³/mol. The first-order valence-electron chi connectivity index (χ1n) is 6.80. The molecule has 1 N–H and O–H groups in total. The van der Waals surface area contributed by atoms with E-state index in [0.717, 1.165) is 16.5 Å². The minimum atomic E-state index is -0.803. The van der Waals surface area contributed by atoms with E-state index in [-0.39, 0.29) is 23.2 Å². The number of hydrogen-bond donors (Lipinski definition) is 1. The summed E-state index contributed by atoms with van der Waals surface area (Å²) in [7, 11) is 1.54. The Bertz CT molecular complexity index is 894. The zero-order valence-corrected chi connectivity index (χ0v) is 13.6. The maximum atomic E-state index is 13.4. The molecule has 0 bridgehead atoms. The second kappa shape index (κ2) is 6.18. The van der Waals surface area contributed by atoms with E-state index >= 15 is 0 Å². The zero-order chi connectivity index (χ0) is 16.6. The number of H-pyrrole nitrogens is 1. The number of carbonyl (C=O) groups excluding carboxylic acids is 1. The van der Waals surface area contributed by atoms with Crippen molar-refractivity contribution in [2.75, 3.05) is 11.9 Å². The molecule has 0 unspecified atom stereocenters. The number of aromatic amines is 1. The van der Waals surface area contributed by atoms with E-state index in [1.165, 1.54) is 17.0 Å². The molecule has 0 aliphatic carbocycles. The standard InChI is InChI=1S/C16H12Cl2FN3O/c1-22(14-5-3-12(18)16(19)21-14)15(23)6-9-8-20-13-4-2-10(17)7-11(9)13/h2-5,7-8,20H,6H2,1H3. The lowest BCUT2D eigenvalue weighted by Crippen LogP contribution is -2.28. The largest absolute Gasteiger partial charge is 0.361 e. The summed E-state index contributed by atoms with van der Waals surface area (Å²) in [5.74, 6) is -0.822. The van der Waals surface area contributed by atoms with Gasteiger partial charge in [-0.25, -0.2) is 4.98 Å². The zero-order valence-electron chi connectivity index (χ0n) is 12.1. The summed E-state index contributed by atoms with van der Waals surface area (Å²) in [4.78, 5) is 20.5. The normalized spacial score (nSPS) is 11.0. The van der Waals surface area contributed by atoms with E-state index in [2.05, 4.69) is 9.97 Å². The van der Waals surface area contributed by atoms with Gasteiger partial charge in [-0.3, -0.25) is 9.69 Å². The van der Waals surface area contributed by atoms with Gasteiger partial charge in [0.15, 0.2) is 0 Å². The third kappa shape index (κ3) is 3.16. The molecule has 3 rings (SSSR count). The molecule has 23 heavy (non-hydrogen) atoms. The SMILES string of the molecule is CN(C(=O)Cc1c[nH]c2ccc(Cl)cc12)c1ccc(Cl)c(F)n1. The number of carbonyl (C=O) groups is 1. The van der Waals surface area contributed by atoms with Crippen LogP contribution in [0.4, 0.5) is 10.2 Å². The number of amides is 1. The van der Waals surface area contributed by atoms with Crippen molar-refractivity contribution in [2.45, 2.75) is 6.42 Å². The molecule has 0 radical (unpaired) electrons. The van der Waals surface area contributed by atoms with Gasteiger partial charge in [0.1, 0.15) is 5.82 Å². The van der Waals surface area contributed by atoms with E-state index in [9.17, 15) is 9.18 Å². The molecular weight excluding hydrogens is 340 g/mol. The van der Waals surface area contributed by atoms with Crippen LogP contribution in [0.15, 0.2) is 36.5 Å². The fourth-order valence-electron chi connectivity index (χ4n) is 2.30. The van der Waals surface area contributed by atoms with Crippen LogP contribution in [0.1, 0.15) is 5.56 Å². The Kier molecular flexibility index (Phi) is 4.24. The highest BCUT2D eigenvalue weighted by molar-refractivity contribution is 6.31. The molecular formula is C16H12Cl2FN3O. The van der Waals surface area contributed by atoms with Crippen molar-refractivity contribution in [3.05, 3.63) is 58.1 Å². The van der Waals surface area contributed by atoms with Gasteiger partial charge in [-0.15, -0.1) is 0 Å². The highest BCUT2D eigenvalue weighted by atomic mass is 35.5. The van der Waals surface area contributed by atoms with Crippen LogP contribution in [0.5, 0.6) is 0 Å². The number of aromatic nitrogens is 2. The number of rotatable bonds is 3. The van der Waals surface area contributed by atoms with Crippen molar-refractivity contribution < 1.29 is 9.18 Å². The molecule has 0 aliphatic heterocycles. The van der Waals surface area contributed by atoms with Crippen molar-refractivity contribution in [1.82, 2.24) is 9.97 Å². The highest BCUT2D eigenvalue weighted by Gasteiger charge is 2.16. The van der Waals surface area contributed by atoms with Crippen LogP contribution < -0.4 is 4.90 Å². The molecule has 0 saturated heterocycles. The minimum absolute atomic E-state index is 0.0825. The second-order valence-corrected chi connectivity index (χ2v) is 5.92. The highest BCUT2D eigenvalue weighted by Crippen LogP contribution is 2.24. The van der Waals surface area contributed by atoms with Crippen molar-refractivity contribution in [3.8, 4) is 0 Å². The average Bonchev–Trinajstić information content (AvgIpc) is 2.91. The van der Waals surface area contributed by atoms with Gasteiger partial charge in [-0.2, -0.15) is 4.39 Å². The molecule has 1 aromatic carbocycles. The molecule has 3 aromatic rings. The second-order valence-electron chi connectivity index (χ2n) is 5.08. The molecule has 7 heteroatoms. The predicted octanol–water partition coefficient (Wildman–Crippen LogP) is 4.21. The van der Waals surface area contributed by atoms with Gasteiger partial charge in [-0.05, 0) is 35.9 Å². The van der Waals surface area contributed by atoms with Crippen LogP contribution in [0.25, 0.3) is 10.9 Å². The Morgan fingerprint density at radius 2 is 2.09 bits per heavy atom. The van der Waals surface area contributed by atoms with Gasteiger partial charge >= 0.3 is 0 Å². The van der Waals surface area contributed by atoms with Crippen LogP contribution in [-0.2, 0) is 11.2 Å². The summed E-state index contributed by atoms with van der Waals surface area (Å²) < 4.78 is 13.4. The third-order valence-electron chi connectivity index (χ3n) is 3.58. The van der Waals surface area contributed by atoms with Gasteiger partial charge in [0.2, 0.25) is 11.9 Å². The van der Waals surface area contributed by atoms with E-state index in [1.807, 2.05) is 6.07 Å². The van der Waals surface area contributed by atoms with Gasteiger partial charge in [0.25, 0.3) is 0 Å². The molecule has 0 aliphatic rings. The minimum Gasteiger partial charge on any atom is -0.361 e. The number of likely N-dealkylation sites (N-methyl/N-ethyl adjacent to an activating group) is 1. The van der Waals surface area contributed by atoms with Crippen molar-refractivity contribution >= 4 is 45.8 Å². The van der Waals surface area contributed by atoms with Gasteiger partial charge in [0, 0.05) is 29.2 Å². The van der Waals surface area contributed by atoms with Gasteiger partial charge < -0.3 is 4.98 Å². The first-order chi connectivity index (χ1) is 11.0. The fourth-order valence-corrected chi connectivity index (χ4v) is 2.58. The molecule has 0 spiro atoms. The number of pyridine rings is 1. The summed E-state index contributed by atoms with van der Waals surface area (Å²) in [6.07, 6.45) is 1.91. The van der Waals surface area contributed by atoms with Gasteiger partial charge in [-0.1, -0.05) is 23.2 Å². The number of anilines is 1. The van der Waals surface area contributed by atoms with E-state index < -0.39 is 5.95 Å².